The number of carbonyl (C=O) groups excluding carboxylic acids is 2. The summed E-state index contributed by atoms with van der Waals surface area (Å²) in [4.78, 5) is 25.1. The first-order valence-corrected chi connectivity index (χ1v) is 10.8. The maximum atomic E-state index is 13.2. The molecule has 1 saturated carbocycles. The second kappa shape index (κ2) is 6.78. The summed E-state index contributed by atoms with van der Waals surface area (Å²) in [6, 6.07) is 0. The molecule has 0 aromatic carbocycles. The minimum Gasteiger partial charge on any atom is -0.462 e. The highest BCUT2D eigenvalue weighted by Crippen LogP contribution is 2.57. The summed E-state index contributed by atoms with van der Waals surface area (Å²) in [5.74, 6) is 0.641. The second-order valence-corrected chi connectivity index (χ2v) is 10.2. The molecule has 2 bridgehead atoms. The van der Waals surface area contributed by atoms with E-state index in [2.05, 4.69) is 13.8 Å². The van der Waals surface area contributed by atoms with Gasteiger partial charge in [-0.1, -0.05) is 13.8 Å². The molecule has 0 amide bonds. The Hall–Kier alpha value is -0.980. The van der Waals surface area contributed by atoms with E-state index in [0.29, 0.717) is 31.3 Å². The van der Waals surface area contributed by atoms with Gasteiger partial charge in [-0.05, 0) is 44.4 Å². The molecule has 0 aromatic heterocycles. The smallest absolute Gasteiger partial charge is 0.302 e. The molecule has 10 atom stereocenters. The molecular formula is C22H34O6. The van der Waals surface area contributed by atoms with Crippen molar-refractivity contribution in [3.05, 3.63) is 0 Å². The Bertz CT molecular complexity index is 659. The molecule has 3 heterocycles. The molecule has 4 aliphatic rings. The van der Waals surface area contributed by atoms with E-state index in [1.165, 1.54) is 6.92 Å². The van der Waals surface area contributed by atoms with Gasteiger partial charge in [0, 0.05) is 31.6 Å². The van der Waals surface area contributed by atoms with Crippen molar-refractivity contribution < 1.29 is 28.9 Å². The zero-order valence-corrected chi connectivity index (χ0v) is 17.6. The van der Waals surface area contributed by atoms with Crippen LogP contribution in [0.3, 0.4) is 0 Å². The lowest BCUT2D eigenvalue weighted by Crippen LogP contribution is -2.55. The first-order valence-electron chi connectivity index (χ1n) is 10.8. The Labute approximate surface area is 167 Å². The number of esters is 1. The standard InChI is InChI=1S/C22H34O6/c1-11-8-14-12(2)10-26-22(5)16(24)6-7-21(4,25)9-15-18(17(14)20(22)28-15)19(11)27-13(3)23/h11-12,14-15,17-20,25H,6-10H2,1-5H3/t11-,12+,14+,15+,17+,18+,19-,20+,21-,22+/m1/s1. The molecule has 0 spiro atoms. The maximum Gasteiger partial charge on any atom is 0.302 e. The molecule has 0 unspecified atom stereocenters. The van der Waals surface area contributed by atoms with Crippen LogP contribution in [-0.2, 0) is 23.8 Å². The summed E-state index contributed by atoms with van der Waals surface area (Å²) in [7, 11) is 0. The minimum atomic E-state index is -1.01. The van der Waals surface area contributed by atoms with Gasteiger partial charge in [0.15, 0.2) is 5.78 Å². The van der Waals surface area contributed by atoms with Gasteiger partial charge >= 0.3 is 5.97 Å². The van der Waals surface area contributed by atoms with Gasteiger partial charge in [-0.25, -0.2) is 0 Å². The van der Waals surface area contributed by atoms with Crippen LogP contribution in [0.5, 0.6) is 0 Å². The highest BCUT2D eigenvalue weighted by atomic mass is 16.6. The van der Waals surface area contributed by atoms with Crippen molar-refractivity contribution in [3.8, 4) is 0 Å². The third-order valence-corrected chi connectivity index (χ3v) is 7.93. The van der Waals surface area contributed by atoms with E-state index in [0.717, 1.165) is 6.42 Å². The van der Waals surface area contributed by atoms with Crippen molar-refractivity contribution in [1.82, 2.24) is 0 Å². The SMILES string of the molecule is CC(=O)O[C@H]1[C@@H]2[C@@H]3[C@@H](C[C@H]1C)[C@@H](C)CO[C@@]1(C)C(=O)CC[C@@](C)(O)C[C@@H]2O[C@@H]31. The van der Waals surface area contributed by atoms with Gasteiger partial charge in [0.05, 0.1) is 24.4 Å². The fourth-order valence-electron chi connectivity index (χ4n) is 6.46. The Morgan fingerprint density at radius 3 is 2.61 bits per heavy atom. The normalized spacial score (nSPS) is 53.6. The molecule has 0 aromatic rings. The van der Waals surface area contributed by atoms with Gasteiger partial charge in [0.25, 0.3) is 0 Å². The number of ether oxygens (including phenoxy) is 3. The molecule has 1 aliphatic carbocycles. The van der Waals surface area contributed by atoms with Gasteiger partial charge < -0.3 is 19.3 Å². The van der Waals surface area contributed by atoms with Crippen LogP contribution >= 0.6 is 0 Å². The lowest BCUT2D eigenvalue weighted by molar-refractivity contribution is -0.165. The Balaban J connectivity index is 1.83. The van der Waals surface area contributed by atoms with Crippen molar-refractivity contribution in [2.45, 2.75) is 89.8 Å². The number of carbonyl (C=O) groups is 2. The maximum absolute atomic E-state index is 13.2. The molecule has 1 N–H and O–H groups in total. The molecule has 6 nitrogen and oxygen atoms in total. The Morgan fingerprint density at radius 2 is 1.93 bits per heavy atom. The largest absolute Gasteiger partial charge is 0.462 e. The molecular weight excluding hydrogens is 360 g/mol. The topological polar surface area (TPSA) is 82.1 Å². The summed E-state index contributed by atoms with van der Waals surface area (Å²) in [5.41, 5.74) is -2.01. The number of fused-ring (bicyclic) bond motifs is 2. The van der Waals surface area contributed by atoms with Crippen molar-refractivity contribution in [1.29, 1.82) is 0 Å². The molecule has 4 fully saturated rings. The zero-order valence-electron chi connectivity index (χ0n) is 17.6. The summed E-state index contributed by atoms with van der Waals surface area (Å²) in [6.45, 7) is 9.96. The van der Waals surface area contributed by atoms with E-state index in [-0.39, 0.29) is 54.2 Å². The number of hydrogen-bond acceptors (Lipinski definition) is 6. The fraction of sp³-hybridized carbons (Fsp3) is 0.909. The van der Waals surface area contributed by atoms with Crippen LogP contribution in [0.1, 0.15) is 60.3 Å². The van der Waals surface area contributed by atoms with E-state index < -0.39 is 11.2 Å². The van der Waals surface area contributed by atoms with Crippen molar-refractivity contribution in [2.75, 3.05) is 6.61 Å². The number of hydrogen-bond donors (Lipinski definition) is 1. The predicted molar refractivity (Wildman–Crippen MR) is 101 cm³/mol. The van der Waals surface area contributed by atoms with Gasteiger partial charge in [0.1, 0.15) is 11.7 Å². The van der Waals surface area contributed by atoms with Crippen LogP contribution in [0, 0.1) is 29.6 Å². The molecule has 6 heteroatoms. The lowest BCUT2D eigenvalue weighted by atomic mass is 9.59. The summed E-state index contributed by atoms with van der Waals surface area (Å²) >= 11 is 0. The molecule has 158 valence electrons. The number of aliphatic hydroxyl groups is 1. The van der Waals surface area contributed by atoms with Gasteiger partial charge in [-0.3, -0.25) is 9.59 Å². The summed E-state index contributed by atoms with van der Waals surface area (Å²) < 4.78 is 18.7. The van der Waals surface area contributed by atoms with E-state index in [4.69, 9.17) is 14.2 Å². The first-order chi connectivity index (χ1) is 13.0. The van der Waals surface area contributed by atoms with Crippen molar-refractivity contribution in [3.63, 3.8) is 0 Å². The average molecular weight is 395 g/mol. The minimum absolute atomic E-state index is 0.00887. The highest BCUT2D eigenvalue weighted by molar-refractivity contribution is 5.88. The van der Waals surface area contributed by atoms with Crippen LogP contribution < -0.4 is 0 Å². The van der Waals surface area contributed by atoms with E-state index in [1.807, 2.05) is 6.92 Å². The molecule has 0 radical (unpaired) electrons. The molecule has 3 aliphatic heterocycles. The third-order valence-electron chi connectivity index (χ3n) is 7.93. The molecule has 4 rings (SSSR count). The van der Waals surface area contributed by atoms with Crippen molar-refractivity contribution >= 4 is 11.8 Å². The molecule has 3 saturated heterocycles. The second-order valence-electron chi connectivity index (χ2n) is 10.2. The number of ketones is 1. The van der Waals surface area contributed by atoms with E-state index >= 15 is 0 Å². The third kappa shape index (κ3) is 3.12. The van der Waals surface area contributed by atoms with Crippen LogP contribution in [0.4, 0.5) is 0 Å². The fourth-order valence-corrected chi connectivity index (χ4v) is 6.46. The van der Waals surface area contributed by atoms with Crippen LogP contribution in [0.15, 0.2) is 0 Å². The summed E-state index contributed by atoms with van der Waals surface area (Å²) in [6.07, 6.45) is 1.19. The first kappa shape index (κ1) is 20.3. The van der Waals surface area contributed by atoms with Gasteiger partial charge in [0.2, 0.25) is 0 Å². The van der Waals surface area contributed by atoms with E-state index in [9.17, 15) is 14.7 Å². The van der Waals surface area contributed by atoms with Gasteiger partial charge in [-0.2, -0.15) is 0 Å². The predicted octanol–water partition coefficient (Wildman–Crippen LogP) is 2.50. The average Bonchev–Trinajstić information content (AvgIpc) is 2.94. The quantitative estimate of drug-likeness (QED) is 0.688. The van der Waals surface area contributed by atoms with Crippen molar-refractivity contribution in [2.24, 2.45) is 29.6 Å². The Morgan fingerprint density at radius 1 is 1.21 bits per heavy atom. The van der Waals surface area contributed by atoms with E-state index in [1.54, 1.807) is 6.92 Å². The number of Topliss-reactive ketones (excluding diaryl/α,β-unsaturated/α-hetero) is 1. The van der Waals surface area contributed by atoms with Crippen LogP contribution in [0.2, 0.25) is 0 Å². The number of rotatable bonds is 1. The zero-order chi connectivity index (χ0) is 20.4. The lowest BCUT2D eigenvalue weighted by Gasteiger charge is -2.46. The van der Waals surface area contributed by atoms with Gasteiger partial charge in [-0.15, -0.1) is 0 Å². The van der Waals surface area contributed by atoms with Crippen LogP contribution in [-0.4, -0.2) is 53.0 Å². The molecule has 28 heavy (non-hydrogen) atoms. The monoisotopic (exact) mass is 394 g/mol. The summed E-state index contributed by atoms with van der Waals surface area (Å²) in [5, 5.41) is 11.0. The highest BCUT2D eigenvalue weighted by Gasteiger charge is 2.65. The van der Waals surface area contributed by atoms with Crippen LogP contribution in [0.25, 0.3) is 0 Å². The Kier molecular flexibility index (Phi) is 4.91.